The number of anilines is 1. The molecule has 0 bridgehead atoms. The van der Waals surface area contributed by atoms with Crippen LogP contribution in [0.25, 0.3) is 0 Å². The van der Waals surface area contributed by atoms with Crippen molar-refractivity contribution in [2.24, 2.45) is 5.10 Å². The van der Waals surface area contributed by atoms with Crippen LogP contribution in [0.5, 0.6) is 5.75 Å². The number of aromatic nitrogens is 1. The molecule has 0 N–H and O–H groups in total. The lowest BCUT2D eigenvalue weighted by molar-refractivity contribution is 0.414. The highest BCUT2D eigenvalue weighted by molar-refractivity contribution is 7.13. The summed E-state index contributed by atoms with van der Waals surface area (Å²) in [6.45, 7) is 2.01. The first-order valence-corrected chi connectivity index (χ1v) is 9.11. The fourth-order valence-corrected chi connectivity index (χ4v) is 3.83. The monoisotopic (exact) mass is 349 g/mol. The number of nitrogens with zero attached hydrogens (tertiary/aromatic N) is 3. The number of rotatable bonds is 4. The highest BCUT2D eigenvalue weighted by Gasteiger charge is 2.31. The fourth-order valence-electron chi connectivity index (χ4n) is 3.02. The number of thiazole rings is 1. The standard InChI is InChI=1S/C20H19N3OS/c1-14-13-25-20(21-14)23-19(16-8-10-17(24-2)11-9-16)12-18(22-23)15-6-4-3-5-7-15/h3-11,13,19H,12H2,1-2H3. The number of hydrazone groups is 1. The summed E-state index contributed by atoms with van der Waals surface area (Å²) in [5, 5.41) is 9.97. The fraction of sp³-hybridized carbons (Fsp3) is 0.200. The molecule has 1 atom stereocenters. The molecule has 1 aromatic heterocycles. The first-order chi connectivity index (χ1) is 12.2. The minimum atomic E-state index is 0.145. The second-order valence-corrected chi connectivity index (χ2v) is 6.86. The van der Waals surface area contributed by atoms with E-state index in [4.69, 9.17) is 9.84 Å². The number of methoxy groups -OCH3 is 1. The van der Waals surface area contributed by atoms with Gasteiger partial charge in [-0.15, -0.1) is 11.3 Å². The van der Waals surface area contributed by atoms with Crippen LogP contribution in [0.1, 0.15) is 29.3 Å². The molecular formula is C20H19N3OS. The van der Waals surface area contributed by atoms with Crippen molar-refractivity contribution in [1.29, 1.82) is 0 Å². The van der Waals surface area contributed by atoms with Crippen LogP contribution in [0.4, 0.5) is 5.13 Å². The van der Waals surface area contributed by atoms with E-state index in [1.165, 1.54) is 5.56 Å². The summed E-state index contributed by atoms with van der Waals surface area (Å²) in [6.07, 6.45) is 0.856. The number of hydrogen-bond donors (Lipinski definition) is 0. The zero-order chi connectivity index (χ0) is 17.2. The van der Waals surface area contributed by atoms with Gasteiger partial charge in [-0.2, -0.15) is 5.10 Å². The van der Waals surface area contributed by atoms with Gasteiger partial charge in [0.15, 0.2) is 0 Å². The average Bonchev–Trinajstić information content (AvgIpc) is 3.29. The van der Waals surface area contributed by atoms with E-state index in [0.29, 0.717) is 0 Å². The summed E-state index contributed by atoms with van der Waals surface area (Å²) in [5.41, 5.74) is 4.49. The van der Waals surface area contributed by atoms with Crippen molar-refractivity contribution in [2.45, 2.75) is 19.4 Å². The summed E-state index contributed by atoms with van der Waals surface area (Å²) >= 11 is 1.63. The van der Waals surface area contributed by atoms with Gasteiger partial charge in [-0.1, -0.05) is 42.5 Å². The molecule has 0 aliphatic carbocycles. The second kappa shape index (κ2) is 6.69. The van der Waals surface area contributed by atoms with Crippen LogP contribution in [0.2, 0.25) is 0 Å². The summed E-state index contributed by atoms with van der Waals surface area (Å²) in [7, 11) is 1.69. The predicted molar refractivity (Wildman–Crippen MR) is 103 cm³/mol. The third-order valence-electron chi connectivity index (χ3n) is 4.32. The van der Waals surface area contributed by atoms with Crippen LogP contribution in [0.3, 0.4) is 0 Å². The highest BCUT2D eigenvalue weighted by atomic mass is 32.1. The van der Waals surface area contributed by atoms with E-state index in [9.17, 15) is 0 Å². The zero-order valence-corrected chi connectivity index (χ0v) is 15.0. The summed E-state index contributed by atoms with van der Waals surface area (Å²) < 4.78 is 5.28. The molecule has 4 rings (SSSR count). The maximum atomic E-state index is 5.28. The van der Waals surface area contributed by atoms with E-state index < -0.39 is 0 Å². The molecule has 4 nitrogen and oxygen atoms in total. The van der Waals surface area contributed by atoms with Crippen molar-refractivity contribution < 1.29 is 4.74 Å². The largest absolute Gasteiger partial charge is 0.497 e. The minimum absolute atomic E-state index is 0.145. The molecule has 25 heavy (non-hydrogen) atoms. The Balaban J connectivity index is 1.72. The third kappa shape index (κ3) is 3.15. The molecule has 2 heterocycles. The van der Waals surface area contributed by atoms with Crippen molar-refractivity contribution in [3.8, 4) is 5.75 Å². The van der Waals surface area contributed by atoms with Gasteiger partial charge in [0.1, 0.15) is 5.75 Å². The van der Waals surface area contributed by atoms with E-state index >= 15 is 0 Å². The lowest BCUT2D eigenvalue weighted by Crippen LogP contribution is -2.18. The number of hydrogen-bond acceptors (Lipinski definition) is 5. The molecule has 0 fully saturated rings. The predicted octanol–water partition coefficient (Wildman–Crippen LogP) is 4.82. The van der Waals surface area contributed by atoms with Crippen LogP contribution < -0.4 is 9.75 Å². The molecule has 2 aromatic carbocycles. The molecule has 5 heteroatoms. The molecule has 0 amide bonds. The van der Waals surface area contributed by atoms with Crippen molar-refractivity contribution in [2.75, 3.05) is 12.1 Å². The van der Waals surface area contributed by atoms with Gasteiger partial charge >= 0.3 is 0 Å². The Morgan fingerprint density at radius 3 is 2.48 bits per heavy atom. The Kier molecular flexibility index (Phi) is 4.24. The first kappa shape index (κ1) is 15.8. The van der Waals surface area contributed by atoms with Gasteiger partial charge in [0, 0.05) is 11.8 Å². The lowest BCUT2D eigenvalue weighted by Gasteiger charge is -2.21. The van der Waals surface area contributed by atoms with Gasteiger partial charge in [0.2, 0.25) is 5.13 Å². The Hall–Kier alpha value is -2.66. The van der Waals surface area contributed by atoms with Crippen LogP contribution in [0.15, 0.2) is 65.1 Å². The Labute approximate surface area is 151 Å². The van der Waals surface area contributed by atoms with Gasteiger partial charge in [-0.25, -0.2) is 9.99 Å². The molecule has 0 radical (unpaired) electrons. The van der Waals surface area contributed by atoms with E-state index in [1.54, 1.807) is 18.4 Å². The maximum absolute atomic E-state index is 5.28. The van der Waals surface area contributed by atoms with Crippen molar-refractivity contribution in [3.63, 3.8) is 0 Å². The Morgan fingerprint density at radius 2 is 1.84 bits per heavy atom. The zero-order valence-electron chi connectivity index (χ0n) is 14.2. The molecule has 0 saturated carbocycles. The topological polar surface area (TPSA) is 37.7 Å². The molecule has 126 valence electrons. The highest BCUT2D eigenvalue weighted by Crippen LogP contribution is 2.38. The van der Waals surface area contributed by atoms with E-state index in [2.05, 4.69) is 51.8 Å². The summed E-state index contributed by atoms with van der Waals surface area (Å²) in [6, 6.07) is 18.7. The summed E-state index contributed by atoms with van der Waals surface area (Å²) in [4.78, 5) is 4.64. The Morgan fingerprint density at radius 1 is 1.08 bits per heavy atom. The second-order valence-electron chi connectivity index (χ2n) is 6.02. The molecule has 1 unspecified atom stereocenters. The quantitative estimate of drug-likeness (QED) is 0.678. The molecule has 1 aliphatic heterocycles. The van der Waals surface area contributed by atoms with Gasteiger partial charge in [-0.05, 0) is 30.2 Å². The molecule has 0 spiro atoms. The number of aryl methyl sites for hydroxylation is 1. The van der Waals surface area contributed by atoms with Crippen LogP contribution in [-0.4, -0.2) is 17.8 Å². The first-order valence-electron chi connectivity index (χ1n) is 8.23. The van der Waals surface area contributed by atoms with E-state index in [0.717, 1.165) is 34.3 Å². The summed E-state index contributed by atoms with van der Waals surface area (Å²) in [5.74, 6) is 0.864. The normalized spacial score (nSPS) is 16.8. The number of benzene rings is 2. The van der Waals surface area contributed by atoms with E-state index in [1.807, 2.05) is 25.1 Å². The van der Waals surface area contributed by atoms with Crippen molar-refractivity contribution in [3.05, 3.63) is 76.8 Å². The SMILES string of the molecule is COc1ccc(C2CC(c3ccccc3)=NN2c2nc(C)cs2)cc1. The molecule has 1 aliphatic rings. The molecular weight excluding hydrogens is 330 g/mol. The third-order valence-corrected chi connectivity index (χ3v) is 5.27. The van der Waals surface area contributed by atoms with Crippen molar-refractivity contribution in [1.82, 2.24) is 4.98 Å². The van der Waals surface area contributed by atoms with Crippen LogP contribution in [0, 0.1) is 6.92 Å². The smallest absolute Gasteiger partial charge is 0.206 e. The molecule has 0 saturated heterocycles. The van der Waals surface area contributed by atoms with Crippen molar-refractivity contribution >= 4 is 22.2 Å². The van der Waals surface area contributed by atoms with Gasteiger partial charge < -0.3 is 4.74 Å². The Bertz CT molecular complexity index is 887. The minimum Gasteiger partial charge on any atom is -0.497 e. The van der Waals surface area contributed by atoms with Gasteiger partial charge in [-0.3, -0.25) is 0 Å². The van der Waals surface area contributed by atoms with Crippen LogP contribution in [-0.2, 0) is 0 Å². The number of ether oxygens (including phenoxy) is 1. The average molecular weight is 349 g/mol. The van der Waals surface area contributed by atoms with E-state index in [-0.39, 0.29) is 6.04 Å². The van der Waals surface area contributed by atoms with Crippen LogP contribution >= 0.6 is 11.3 Å². The van der Waals surface area contributed by atoms with Gasteiger partial charge in [0.05, 0.1) is 24.6 Å². The molecule has 3 aromatic rings. The lowest BCUT2D eigenvalue weighted by atomic mass is 9.98. The van der Waals surface area contributed by atoms with Gasteiger partial charge in [0.25, 0.3) is 0 Å². The maximum Gasteiger partial charge on any atom is 0.206 e.